The zero-order valence-electron chi connectivity index (χ0n) is 14.5. The van der Waals surface area contributed by atoms with E-state index < -0.39 is 0 Å². The van der Waals surface area contributed by atoms with Gasteiger partial charge in [-0.1, -0.05) is 36.9 Å². The van der Waals surface area contributed by atoms with Crippen LogP contribution in [0.3, 0.4) is 0 Å². The van der Waals surface area contributed by atoms with Gasteiger partial charge in [0.1, 0.15) is 5.75 Å². The molecule has 3 heteroatoms. The summed E-state index contributed by atoms with van der Waals surface area (Å²) in [4.78, 5) is 0. The highest BCUT2D eigenvalue weighted by Gasteiger charge is 2.12. The maximum absolute atomic E-state index is 5.78. The number of pyridine rings is 1. The Hall–Kier alpha value is -2.91. The van der Waals surface area contributed by atoms with Crippen molar-refractivity contribution in [3.63, 3.8) is 0 Å². The van der Waals surface area contributed by atoms with Gasteiger partial charge in [-0.3, -0.25) is 0 Å². The Labute approximate surface area is 148 Å². The van der Waals surface area contributed by atoms with Gasteiger partial charge >= 0.3 is 0 Å². The molecule has 2 N–H and O–H groups in total. The number of aromatic nitrogens is 1. The molecule has 126 valence electrons. The predicted octanol–water partition coefficient (Wildman–Crippen LogP) is 3.91. The van der Waals surface area contributed by atoms with E-state index in [2.05, 4.69) is 47.6 Å². The SMILES string of the molecule is C=Cc1cccc(/C=C/c2c(OC)ccc3ccccc23)[n+]1CCN. The van der Waals surface area contributed by atoms with Gasteiger partial charge in [-0.25, -0.2) is 0 Å². The summed E-state index contributed by atoms with van der Waals surface area (Å²) in [5.74, 6) is 0.861. The van der Waals surface area contributed by atoms with Crippen LogP contribution in [0.1, 0.15) is 17.0 Å². The maximum Gasteiger partial charge on any atom is 0.205 e. The van der Waals surface area contributed by atoms with Gasteiger partial charge in [0.15, 0.2) is 6.54 Å². The zero-order chi connectivity index (χ0) is 17.6. The van der Waals surface area contributed by atoms with Gasteiger partial charge in [-0.2, -0.15) is 4.57 Å². The summed E-state index contributed by atoms with van der Waals surface area (Å²) >= 11 is 0. The Morgan fingerprint density at radius 1 is 1.00 bits per heavy atom. The second-order valence-corrected chi connectivity index (χ2v) is 5.76. The molecule has 0 fully saturated rings. The van der Waals surface area contributed by atoms with Gasteiger partial charge in [0.05, 0.1) is 13.7 Å². The number of fused-ring (bicyclic) bond motifs is 1. The van der Waals surface area contributed by atoms with Gasteiger partial charge in [-0.05, 0) is 29.0 Å². The summed E-state index contributed by atoms with van der Waals surface area (Å²) in [6.07, 6.45) is 6.06. The molecule has 3 rings (SSSR count). The third-order valence-corrected chi connectivity index (χ3v) is 4.29. The third-order valence-electron chi connectivity index (χ3n) is 4.29. The molecule has 0 spiro atoms. The smallest absolute Gasteiger partial charge is 0.205 e. The standard InChI is InChI=1S/C22H23N2O/c1-3-18-8-6-9-19(24(18)16-15-23)12-13-21-20-10-5-4-7-17(20)11-14-22(21)25-2/h3-14H,1,15-16,23H2,2H3/q+1/b13-12+. The third kappa shape index (κ3) is 3.47. The van der Waals surface area contributed by atoms with Crippen LogP contribution in [-0.2, 0) is 6.54 Å². The highest BCUT2D eigenvalue weighted by atomic mass is 16.5. The van der Waals surface area contributed by atoms with Crippen molar-refractivity contribution in [2.24, 2.45) is 5.73 Å². The molecule has 0 aliphatic heterocycles. The van der Waals surface area contributed by atoms with Crippen molar-refractivity contribution >= 4 is 29.0 Å². The minimum absolute atomic E-state index is 0.577. The fourth-order valence-electron chi connectivity index (χ4n) is 3.08. The van der Waals surface area contributed by atoms with Crippen LogP contribution in [0.5, 0.6) is 5.75 Å². The van der Waals surface area contributed by atoms with Crippen molar-refractivity contribution in [1.29, 1.82) is 0 Å². The molecule has 0 aliphatic rings. The van der Waals surface area contributed by atoms with E-state index in [0.717, 1.165) is 29.2 Å². The Morgan fingerprint density at radius 3 is 2.56 bits per heavy atom. The molecule has 0 radical (unpaired) electrons. The number of nitrogens with two attached hydrogens (primary N) is 1. The van der Waals surface area contributed by atoms with Crippen molar-refractivity contribution in [1.82, 2.24) is 0 Å². The Kier molecular flexibility index (Phi) is 5.26. The fourth-order valence-corrected chi connectivity index (χ4v) is 3.08. The van der Waals surface area contributed by atoms with Crippen molar-refractivity contribution < 1.29 is 9.30 Å². The van der Waals surface area contributed by atoms with E-state index in [-0.39, 0.29) is 0 Å². The van der Waals surface area contributed by atoms with E-state index in [1.54, 1.807) is 7.11 Å². The molecule has 2 aromatic carbocycles. The normalized spacial score (nSPS) is 11.1. The van der Waals surface area contributed by atoms with Crippen LogP contribution in [0.15, 0.2) is 61.2 Å². The molecule has 0 atom stereocenters. The van der Waals surface area contributed by atoms with Crippen LogP contribution >= 0.6 is 0 Å². The number of hydrogen-bond acceptors (Lipinski definition) is 2. The van der Waals surface area contributed by atoms with E-state index in [0.29, 0.717) is 6.54 Å². The van der Waals surface area contributed by atoms with Crippen molar-refractivity contribution in [3.05, 3.63) is 78.1 Å². The fraction of sp³-hybridized carbons (Fsp3) is 0.136. The van der Waals surface area contributed by atoms with Gasteiger partial charge in [0.2, 0.25) is 11.4 Å². The van der Waals surface area contributed by atoms with Crippen LogP contribution < -0.4 is 15.0 Å². The second-order valence-electron chi connectivity index (χ2n) is 5.76. The Morgan fingerprint density at radius 2 is 1.80 bits per heavy atom. The first kappa shape index (κ1) is 16.9. The lowest BCUT2D eigenvalue weighted by Crippen LogP contribution is -2.43. The average Bonchev–Trinajstić information content (AvgIpc) is 2.66. The first-order chi connectivity index (χ1) is 12.3. The van der Waals surface area contributed by atoms with Crippen molar-refractivity contribution in [2.75, 3.05) is 13.7 Å². The summed E-state index contributed by atoms with van der Waals surface area (Å²) in [7, 11) is 1.70. The van der Waals surface area contributed by atoms with Crippen molar-refractivity contribution in [2.45, 2.75) is 6.54 Å². The zero-order valence-corrected chi connectivity index (χ0v) is 14.5. The van der Waals surface area contributed by atoms with Gasteiger partial charge in [-0.15, -0.1) is 0 Å². The summed E-state index contributed by atoms with van der Waals surface area (Å²) in [6, 6.07) is 18.6. The molecular weight excluding hydrogens is 308 g/mol. The highest BCUT2D eigenvalue weighted by molar-refractivity contribution is 5.95. The quantitative estimate of drug-likeness (QED) is 0.696. The Balaban J connectivity index is 2.12. The maximum atomic E-state index is 5.78. The number of hydrogen-bond donors (Lipinski definition) is 1. The van der Waals surface area contributed by atoms with Crippen LogP contribution in [0.25, 0.3) is 29.0 Å². The molecule has 1 heterocycles. The van der Waals surface area contributed by atoms with E-state index in [4.69, 9.17) is 10.5 Å². The lowest BCUT2D eigenvalue weighted by Gasteiger charge is -2.09. The van der Waals surface area contributed by atoms with Gasteiger partial charge < -0.3 is 10.5 Å². The van der Waals surface area contributed by atoms with Crippen LogP contribution in [0, 0.1) is 0 Å². The molecule has 0 saturated carbocycles. The minimum atomic E-state index is 0.577. The highest BCUT2D eigenvalue weighted by Crippen LogP contribution is 2.29. The average molecular weight is 331 g/mol. The number of methoxy groups -OCH3 is 1. The van der Waals surface area contributed by atoms with E-state index in [1.807, 2.05) is 36.4 Å². The molecule has 0 amide bonds. The lowest BCUT2D eigenvalue weighted by atomic mass is 10.0. The minimum Gasteiger partial charge on any atom is -0.496 e. The Bertz CT molecular complexity index is 928. The molecular formula is C22H23N2O+. The monoisotopic (exact) mass is 331 g/mol. The lowest BCUT2D eigenvalue weighted by molar-refractivity contribution is -0.697. The molecule has 0 saturated heterocycles. The predicted molar refractivity (Wildman–Crippen MR) is 105 cm³/mol. The molecule has 0 aliphatic carbocycles. The molecule has 1 aromatic heterocycles. The second kappa shape index (κ2) is 7.77. The van der Waals surface area contributed by atoms with Gasteiger partial charge in [0, 0.05) is 29.8 Å². The summed E-state index contributed by atoms with van der Waals surface area (Å²) in [5, 5.41) is 2.36. The molecule has 0 bridgehead atoms. The summed E-state index contributed by atoms with van der Waals surface area (Å²) in [6.45, 7) is 5.22. The first-order valence-corrected chi connectivity index (χ1v) is 8.37. The van der Waals surface area contributed by atoms with Crippen molar-refractivity contribution in [3.8, 4) is 5.75 Å². The molecule has 3 aromatic rings. The molecule has 0 unspecified atom stereocenters. The largest absolute Gasteiger partial charge is 0.496 e. The topological polar surface area (TPSA) is 39.1 Å². The number of nitrogens with zero attached hydrogens (tertiary/aromatic N) is 1. The van der Waals surface area contributed by atoms with Crippen LogP contribution in [0.4, 0.5) is 0 Å². The molecule has 25 heavy (non-hydrogen) atoms. The summed E-state index contributed by atoms with van der Waals surface area (Å²) in [5.41, 5.74) is 8.99. The van der Waals surface area contributed by atoms with Crippen LogP contribution in [-0.4, -0.2) is 13.7 Å². The number of benzene rings is 2. The van der Waals surface area contributed by atoms with Gasteiger partial charge in [0.25, 0.3) is 0 Å². The number of ether oxygens (including phenoxy) is 1. The first-order valence-electron chi connectivity index (χ1n) is 8.37. The van der Waals surface area contributed by atoms with E-state index in [9.17, 15) is 0 Å². The number of rotatable bonds is 6. The summed E-state index contributed by atoms with van der Waals surface area (Å²) < 4.78 is 7.74. The van der Waals surface area contributed by atoms with Crippen LogP contribution in [0.2, 0.25) is 0 Å². The molecule has 3 nitrogen and oxygen atoms in total. The van der Waals surface area contributed by atoms with E-state index in [1.165, 1.54) is 10.8 Å². The van der Waals surface area contributed by atoms with E-state index >= 15 is 0 Å².